The molecule has 0 unspecified atom stereocenters. The number of nitrogens with two attached hydrogens (primary N) is 1. The molecule has 1 heterocycles. The summed E-state index contributed by atoms with van der Waals surface area (Å²) in [5.74, 6) is -0.270. The smallest absolute Gasteiger partial charge is 0.405 e. The molecule has 14 heavy (non-hydrogen) atoms. The zero-order valence-corrected chi connectivity index (χ0v) is 7.32. The summed E-state index contributed by atoms with van der Waals surface area (Å²) in [5.41, 5.74) is 4.18. The number of imidazole rings is 1. The Labute approximate surface area is 79.5 Å². The van der Waals surface area contributed by atoms with Crippen LogP contribution in [0.1, 0.15) is 23.3 Å². The summed E-state index contributed by atoms with van der Waals surface area (Å²) in [6.45, 7) is 0. The summed E-state index contributed by atoms with van der Waals surface area (Å²) < 4.78 is 4.78. The van der Waals surface area contributed by atoms with Crippen molar-refractivity contribution in [3.63, 3.8) is 0 Å². The molecule has 0 atom stereocenters. The lowest BCUT2D eigenvalue weighted by Crippen LogP contribution is -2.32. The summed E-state index contributed by atoms with van der Waals surface area (Å²) in [6.07, 6.45) is 2.91. The summed E-state index contributed by atoms with van der Waals surface area (Å²) in [5, 5.41) is 0. The summed E-state index contributed by atoms with van der Waals surface area (Å²) in [7, 11) is 0. The lowest BCUT2D eigenvalue weighted by atomic mass is 10.1. The molecule has 1 aromatic heterocycles. The Bertz CT molecular complexity index is 367. The molecule has 6 heteroatoms. The van der Waals surface area contributed by atoms with Crippen LogP contribution in [-0.4, -0.2) is 27.4 Å². The van der Waals surface area contributed by atoms with Crippen molar-refractivity contribution in [3.05, 3.63) is 18.2 Å². The minimum absolute atomic E-state index is 0.270. The van der Waals surface area contributed by atoms with Gasteiger partial charge < -0.3 is 15.5 Å². The minimum atomic E-state index is -1.03. The van der Waals surface area contributed by atoms with Crippen molar-refractivity contribution in [1.82, 2.24) is 9.97 Å². The van der Waals surface area contributed by atoms with Crippen LogP contribution in [0.25, 0.3) is 0 Å². The van der Waals surface area contributed by atoms with Gasteiger partial charge in [-0.3, -0.25) is 4.79 Å². The number of H-pyrrole nitrogens is 1. The van der Waals surface area contributed by atoms with Gasteiger partial charge in [0.05, 0.1) is 12.5 Å². The number of nitrogens with zero attached hydrogens (tertiary/aromatic N) is 1. The summed E-state index contributed by atoms with van der Waals surface area (Å²) in [4.78, 5) is 28.7. The van der Waals surface area contributed by atoms with Gasteiger partial charge >= 0.3 is 6.09 Å². The van der Waals surface area contributed by atoms with E-state index in [0.717, 1.165) is 0 Å². The predicted octanol–water partition coefficient (Wildman–Crippen LogP) is 0.220. The number of primary amides is 1. The van der Waals surface area contributed by atoms with Crippen molar-refractivity contribution in [3.8, 4) is 0 Å². The summed E-state index contributed by atoms with van der Waals surface area (Å²) in [6, 6.07) is 0. The lowest BCUT2D eigenvalue weighted by molar-refractivity contribution is 0.0580. The van der Waals surface area contributed by atoms with E-state index in [1.807, 2.05) is 0 Å². The van der Waals surface area contributed by atoms with Crippen LogP contribution in [0.3, 0.4) is 0 Å². The fraction of sp³-hybridized carbons (Fsp3) is 0.375. The molecule has 1 aromatic rings. The van der Waals surface area contributed by atoms with Crippen LogP contribution in [0.2, 0.25) is 0 Å². The molecule has 1 amide bonds. The number of ether oxygens (including phenoxy) is 1. The number of Topliss-reactive ketones (excluding diaryl/α,β-unsaturated/α-hetero) is 1. The fourth-order valence-electron chi connectivity index (χ4n) is 1.31. The number of amides is 1. The second-order valence-corrected chi connectivity index (χ2v) is 3.21. The quantitative estimate of drug-likeness (QED) is 0.674. The number of rotatable bonds is 3. The van der Waals surface area contributed by atoms with Crippen molar-refractivity contribution < 1.29 is 14.3 Å². The highest BCUT2D eigenvalue weighted by Crippen LogP contribution is 2.41. The normalized spacial score (nSPS) is 17.4. The van der Waals surface area contributed by atoms with Gasteiger partial charge in [0.1, 0.15) is 5.69 Å². The zero-order valence-electron chi connectivity index (χ0n) is 7.32. The molecule has 1 saturated carbocycles. The van der Waals surface area contributed by atoms with Crippen molar-refractivity contribution in [2.45, 2.75) is 18.4 Å². The Balaban J connectivity index is 2.16. The average molecular weight is 195 g/mol. The first-order chi connectivity index (χ1) is 6.64. The third kappa shape index (κ3) is 1.34. The van der Waals surface area contributed by atoms with Crippen molar-refractivity contribution >= 4 is 11.9 Å². The standard InChI is InChI=1S/C8H9N3O3/c9-7(13)14-8(1-2-8)6(12)5-3-10-4-11-5/h3-4H,1-2H2,(H2,9,13)(H,10,11). The van der Waals surface area contributed by atoms with Gasteiger partial charge in [-0.1, -0.05) is 0 Å². The molecule has 0 spiro atoms. The minimum Gasteiger partial charge on any atom is -0.435 e. The molecular formula is C8H9N3O3. The highest BCUT2D eigenvalue weighted by molar-refractivity contribution is 6.03. The van der Waals surface area contributed by atoms with Crippen LogP contribution in [0.15, 0.2) is 12.5 Å². The molecule has 0 saturated heterocycles. The summed E-state index contributed by atoms with van der Waals surface area (Å²) >= 11 is 0. The van der Waals surface area contributed by atoms with E-state index in [2.05, 4.69) is 9.97 Å². The van der Waals surface area contributed by atoms with Crippen molar-refractivity contribution in [2.75, 3.05) is 0 Å². The van der Waals surface area contributed by atoms with Crippen LogP contribution in [0, 0.1) is 0 Å². The molecule has 1 fully saturated rings. The SMILES string of the molecule is NC(=O)OC1(C(=O)c2cnc[nH]2)CC1. The van der Waals surface area contributed by atoms with Gasteiger partial charge in [-0.15, -0.1) is 0 Å². The fourth-order valence-corrected chi connectivity index (χ4v) is 1.31. The molecule has 0 radical (unpaired) electrons. The van der Waals surface area contributed by atoms with E-state index in [9.17, 15) is 9.59 Å². The number of carbonyl (C=O) groups excluding carboxylic acids is 2. The van der Waals surface area contributed by atoms with Crippen LogP contribution in [-0.2, 0) is 4.74 Å². The van der Waals surface area contributed by atoms with E-state index in [0.29, 0.717) is 18.5 Å². The molecule has 0 aromatic carbocycles. The number of hydrogen-bond donors (Lipinski definition) is 2. The van der Waals surface area contributed by atoms with Crippen LogP contribution >= 0.6 is 0 Å². The molecule has 6 nitrogen and oxygen atoms in total. The van der Waals surface area contributed by atoms with Gasteiger partial charge in [-0.05, 0) is 12.8 Å². The molecule has 0 bridgehead atoms. The number of carbonyl (C=O) groups is 2. The van der Waals surface area contributed by atoms with Crippen LogP contribution in [0.5, 0.6) is 0 Å². The first-order valence-electron chi connectivity index (χ1n) is 4.16. The lowest BCUT2D eigenvalue weighted by Gasteiger charge is -2.11. The van der Waals surface area contributed by atoms with Crippen LogP contribution < -0.4 is 5.73 Å². The third-order valence-corrected chi connectivity index (χ3v) is 2.16. The van der Waals surface area contributed by atoms with Gasteiger partial charge in [0.15, 0.2) is 5.60 Å². The Morgan fingerprint density at radius 3 is 2.71 bits per heavy atom. The van der Waals surface area contributed by atoms with Crippen molar-refractivity contribution in [1.29, 1.82) is 0 Å². The maximum Gasteiger partial charge on any atom is 0.405 e. The van der Waals surface area contributed by atoms with E-state index in [-0.39, 0.29) is 5.78 Å². The second kappa shape index (κ2) is 2.83. The van der Waals surface area contributed by atoms with Gasteiger partial charge in [0, 0.05) is 0 Å². The first-order valence-corrected chi connectivity index (χ1v) is 4.16. The largest absolute Gasteiger partial charge is 0.435 e. The second-order valence-electron chi connectivity index (χ2n) is 3.21. The maximum atomic E-state index is 11.7. The molecule has 0 aliphatic heterocycles. The Morgan fingerprint density at radius 1 is 1.57 bits per heavy atom. The Kier molecular flexibility index (Phi) is 1.77. The Morgan fingerprint density at radius 2 is 2.29 bits per heavy atom. The zero-order chi connectivity index (χ0) is 10.2. The molecular weight excluding hydrogens is 186 g/mol. The number of aromatic amines is 1. The monoisotopic (exact) mass is 195 g/mol. The highest BCUT2D eigenvalue weighted by Gasteiger charge is 2.54. The van der Waals surface area contributed by atoms with Crippen molar-refractivity contribution in [2.24, 2.45) is 5.73 Å². The third-order valence-electron chi connectivity index (χ3n) is 2.16. The maximum absolute atomic E-state index is 11.7. The number of ketones is 1. The Hall–Kier alpha value is -1.85. The molecule has 1 aliphatic rings. The van der Waals surface area contributed by atoms with E-state index in [1.165, 1.54) is 12.5 Å². The van der Waals surface area contributed by atoms with E-state index >= 15 is 0 Å². The molecule has 3 N–H and O–H groups in total. The van der Waals surface area contributed by atoms with E-state index in [1.54, 1.807) is 0 Å². The van der Waals surface area contributed by atoms with Gasteiger partial charge in [-0.2, -0.15) is 0 Å². The van der Waals surface area contributed by atoms with Crippen LogP contribution in [0.4, 0.5) is 4.79 Å². The highest BCUT2D eigenvalue weighted by atomic mass is 16.6. The van der Waals surface area contributed by atoms with Gasteiger partial charge in [0.25, 0.3) is 0 Å². The molecule has 2 rings (SSSR count). The van der Waals surface area contributed by atoms with Gasteiger partial charge in [-0.25, -0.2) is 9.78 Å². The molecule has 74 valence electrons. The molecule has 1 aliphatic carbocycles. The number of aromatic nitrogens is 2. The van der Waals surface area contributed by atoms with E-state index < -0.39 is 11.7 Å². The average Bonchev–Trinajstić information content (AvgIpc) is 2.70. The predicted molar refractivity (Wildman–Crippen MR) is 45.6 cm³/mol. The topological polar surface area (TPSA) is 98.1 Å². The number of hydrogen-bond acceptors (Lipinski definition) is 4. The van der Waals surface area contributed by atoms with Gasteiger partial charge in [0.2, 0.25) is 5.78 Å². The first kappa shape index (κ1) is 8.74. The van der Waals surface area contributed by atoms with E-state index in [4.69, 9.17) is 10.5 Å². The number of nitrogens with one attached hydrogen (secondary N) is 1.